The number of rotatable bonds is 4. The highest BCUT2D eigenvalue weighted by atomic mass is 19.2. The van der Waals surface area contributed by atoms with Gasteiger partial charge in [0.25, 0.3) is 0 Å². The van der Waals surface area contributed by atoms with Gasteiger partial charge in [0.05, 0.1) is 0 Å². The van der Waals surface area contributed by atoms with E-state index in [4.69, 9.17) is 0 Å². The lowest BCUT2D eigenvalue weighted by molar-refractivity contribution is 0.488. The van der Waals surface area contributed by atoms with Crippen LogP contribution in [-0.2, 0) is 6.42 Å². The SMILES string of the molecule is CNC(Cc1cccc(F)c1F)C1=CCCCC1. The van der Waals surface area contributed by atoms with Crippen molar-refractivity contribution in [1.29, 1.82) is 0 Å². The number of likely N-dealkylation sites (N-methyl/N-ethyl adjacent to an activating group) is 1. The molecular weight excluding hydrogens is 232 g/mol. The molecule has 1 nitrogen and oxygen atoms in total. The van der Waals surface area contributed by atoms with E-state index in [0.717, 1.165) is 18.9 Å². The smallest absolute Gasteiger partial charge is 0.162 e. The van der Waals surface area contributed by atoms with E-state index < -0.39 is 11.6 Å². The molecular formula is C15H19F2N. The standard InChI is InChI=1S/C15H19F2N/c1-18-14(11-6-3-2-4-7-11)10-12-8-5-9-13(16)15(12)17/h5-6,8-9,14,18H,2-4,7,10H2,1H3. The molecule has 0 radical (unpaired) electrons. The molecule has 1 aliphatic carbocycles. The van der Waals surface area contributed by atoms with Crippen LogP contribution >= 0.6 is 0 Å². The Morgan fingerprint density at radius 3 is 2.78 bits per heavy atom. The minimum Gasteiger partial charge on any atom is -0.313 e. The van der Waals surface area contributed by atoms with Gasteiger partial charge < -0.3 is 5.32 Å². The molecule has 18 heavy (non-hydrogen) atoms. The fourth-order valence-electron chi connectivity index (χ4n) is 2.52. The second kappa shape index (κ2) is 6.10. The summed E-state index contributed by atoms with van der Waals surface area (Å²) < 4.78 is 26.8. The van der Waals surface area contributed by atoms with Gasteiger partial charge in [-0.2, -0.15) is 0 Å². The van der Waals surface area contributed by atoms with Crippen molar-refractivity contribution in [3.05, 3.63) is 47.0 Å². The van der Waals surface area contributed by atoms with Gasteiger partial charge in [-0.15, -0.1) is 0 Å². The largest absolute Gasteiger partial charge is 0.313 e. The molecule has 0 saturated carbocycles. The first-order valence-electron chi connectivity index (χ1n) is 6.51. The van der Waals surface area contributed by atoms with Gasteiger partial charge in [0.1, 0.15) is 0 Å². The van der Waals surface area contributed by atoms with Gasteiger partial charge in [0.15, 0.2) is 11.6 Å². The van der Waals surface area contributed by atoms with Crippen LogP contribution in [0.2, 0.25) is 0 Å². The van der Waals surface area contributed by atoms with Crippen molar-refractivity contribution in [1.82, 2.24) is 5.32 Å². The van der Waals surface area contributed by atoms with Crippen molar-refractivity contribution in [3.8, 4) is 0 Å². The predicted molar refractivity (Wildman–Crippen MR) is 69.5 cm³/mol. The first-order chi connectivity index (χ1) is 8.72. The molecule has 0 saturated heterocycles. The second-order valence-corrected chi connectivity index (χ2v) is 4.78. The van der Waals surface area contributed by atoms with E-state index in [1.165, 1.54) is 18.4 Å². The van der Waals surface area contributed by atoms with Crippen LogP contribution in [0.25, 0.3) is 0 Å². The first-order valence-corrected chi connectivity index (χ1v) is 6.51. The monoisotopic (exact) mass is 251 g/mol. The van der Waals surface area contributed by atoms with E-state index >= 15 is 0 Å². The van der Waals surface area contributed by atoms with E-state index in [-0.39, 0.29) is 6.04 Å². The molecule has 0 bridgehead atoms. The topological polar surface area (TPSA) is 12.0 Å². The first kappa shape index (κ1) is 13.2. The van der Waals surface area contributed by atoms with Crippen LogP contribution < -0.4 is 5.32 Å². The highest BCUT2D eigenvalue weighted by Crippen LogP contribution is 2.23. The highest BCUT2D eigenvalue weighted by Gasteiger charge is 2.17. The maximum atomic E-state index is 13.6. The van der Waals surface area contributed by atoms with E-state index in [0.29, 0.717) is 12.0 Å². The van der Waals surface area contributed by atoms with Gasteiger partial charge in [-0.05, 0) is 50.8 Å². The van der Waals surface area contributed by atoms with Crippen LogP contribution in [0.3, 0.4) is 0 Å². The quantitative estimate of drug-likeness (QED) is 0.806. The molecule has 1 aromatic rings. The lowest BCUT2D eigenvalue weighted by atomic mass is 9.90. The van der Waals surface area contributed by atoms with Gasteiger partial charge in [-0.1, -0.05) is 23.8 Å². The van der Waals surface area contributed by atoms with E-state index in [1.807, 2.05) is 7.05 Å². The van der Waals surface area contributed by atoms with Crippen molar-refractivity contribution in [3.63, 3.8) is 0 Å². The van der Waals surface area contributed by atoms with E-state index in [1.54, 1.807) is 12.1 Å². The van der Waals surface area contributed by atoms with Crippen molar-refractivity contribution in [2.75, 3.05) is 7.05 Å². The Morgan fingerprint density at radius 2 is 2.11 bits per heavy atom. The molecule has 98 valence electrons. The van der Waals surface area contributed by atoms with Crippen molar-refractivity contribution < 1.29 is 8.78 Å². The normalized spacial score (nSPS) is 17.4. The summed E-state index contributed by atoms with van der Waals surface area (Å²) in [6, 6.07) is 4.50. The van der Waals surface area contributed by atoms with Gasteiger partial charge in [-0.3, -0.25) is 0 Å². The van der Waals surface area contributed by atoms with Crippen LogP contribution in [-0.4, -0.2) is 13.1 Å². The molecule has 0 fully saturated rings. The van der Waals surface area contributed by atoms with Crippen LogP contribution in [0.15, 0.2) is 29.8 Å². The zero-order valence-electron chi connectivity index (χ0n) is 10.7. The average Bonchev–Trinajstić information content (AvgIpc) is 2.41. The number of hydrogen-bond donors (Lipinski definition) is 1. The number of hydrogen-bond acceptors (Lipinski definition) is 1. The minimum atomic E-state index is -0.764. The highest BCUT2D eigenvalue weighted by molar-refractivity contribution is 5.24. The van der Waals surface area contributed by atoms with Crippen LogP contribution in [0.4, 0.5) is 8.78 Å². The summed E-state index contributed by atoms with van der Waals surface area (Å²) in [7, 11) is 1.87. The lowest BCUT2D eigenvalue weighted by Crippen LogP contribution is -2.31. The Labute approximate surface area is 107 Å². The summed E-state index contributed by atoms with van der Waals surface area (Å²) in [5.41, 5.74) is 1.77. The Kier molecular flexibility index (Phi) is 4.48. The second-order valence-electron chi connectivity index (χ2n) is 4.78. The number of nitrogens with one attached hydrogen (secondary N) is 1. The molecule has 0 amide bonds. The zero-order valence-corrected chi connectivity index (χ0v) is 10.7. The third kappa shape index (κ3) is 2.96. The minimum absolute atomic E-state index is 0.113. The molecule has 0 aliphatic heterocycles. The maximum absolute atomic E-state index is 13.6. The fourth-order valence-corrected chi connectivity index (χ4v) is 2.52. The van der Waals surface area contributed by atoms with Crippen molar-refractivity contribution in [2.24, 2.45) is 0 Å². The molecule has 1 atom stereocenters. The Hall–Kier alpha value is -1.22. The summed E-state index contributed by atoms with van der Waals surface area (Å²) in [5, 5.41) is 3.21. The lowest BCUT2D eigenvalue weighted by Gasteiger charge is -2.23. The third-order valence-corrected chi connectivity index (χ3v) is 3.58. The molecule has 1 N–H and O–H groups in total. The molecule has 2 rings (SSSR count). The summed E-state index contributed by atoms with van der Waals surface area (Å²) in [5.74, 6) is -1.48. The van der Waals surface area contributed by atoms with Gasteiger partial charge >= 0.3 is 0 Å². The van der Waals surface area contributed by atoms with E-state index in [9.17, 15) is 8.78 Å². The van der Waals surface area contributed by atoms with Crippen LogP contribution in [0.5, 0.6) is 0 Å². The Bertz CT molecular complexity index is 440. The third-order valence-electron chi connectivity index (χ3n) is 3.58. The van der Waals surface area contributed by atoms with E-state index in [2.05, 4.69) is 11.4 Å². The molecule has 1 unspecified atom stereocenters. The summed E-state index contributed by atoms with van der Waals surface area (Å²) in [4.78, 5) is 0. The number of halogens is 2. The Morgan fingerprint density at radius 1 is 1.28 bits per heavy atom. The van der Waals surface area contributed by atoms with Crippen molar-refractivity contribution in [2.45, 2.75) is 38.1 Å². The van der Waals surface area contributed by atoms with Crippen LogP contribution in [0, 0.1) is 11.6 Å². The Balaban J connectivity index is 2.15. The number of allylic oxidation sites excluding steroid dienone is 1. The molecule has 0 spiro atoms. The summed E-state index contributed by atoms with van der Waals surface area (Å²) in [6.07, 6.45) is 7.32. The fraction of sp³-hybridized carbons (Fsp3) is 0.467. The molecule has 3 heteroatoms. The summed E-state index contributed by atoms with van der Waals surface area (Å²) >= 11 is 0. The maximum Gasteiger partial charge on any atom is 0.162 e. The molecule has 0 heterocycles. The molecule has 1 aliphatic rings. The van der Waals surface area contributed by atoms with Crippen molar-refractivity contribution >= 4 is 0 Å². The predicted octanol–water partition coefficient (Wildman–Crippen LogP) is 3.60. The summed E-state index contributed by atoms with van der Waals surface area (Å²) in [6.45, 7) is 0. The average molecular weight is 251 g/mol. The van der Waals surface area contributed by atoms with Gasteiger partial charge in [-0.25, -0.2) is 8.78 Å². The van der Waals surface area contributed by atoms with Crippen LogP contribution in [0.1, 0.15) is 31.2 Å². The van der Waals surface area contributed by atoms with Gasteiger partial charge in [0, 0.05) is 6.04 Å². The number of benzene rings is 1. The zero-order chi connectivity index (χ0) is 13.0. The molecule has 0 aromatic heterocycles. The van der Waals surface area contributed by atoms with Gasteiger partial charge in [0.2, 0.25) is 0 Å². The molecule has 1 aromatic carbocycles.